The Kier molecular flexibility index (Phi) is 3.49. The standard InChI is InChI=1S/C23H24/c1-17(2)13-22-14-19-8-4-6-10-21(19)16-23(22)12-11-18-7-3-5-9-20(18)15-23/h3-12,14,17H,13,15-16H2,1-2H3. The molecular weight excluding hydrogens is 276 g/mol. The Morgan fingerprint density at radius 2 is 1.48 bits per heavy atom. The van der Waals surface area contributed by atoms with E-state index in [2.05, 4.69) is 80.6 Å². The van der Waals surface area contributed by atoms with Gasteiger partial charge in [0.1, 0.15) is 0 Å². The fourth-order valence-corrected chi connectivity index (χ4v) is 4.17. The fourth-order valence-electron chi connectivity index (χ4n) is 4.17. The number of fused-ring (bicyclic) bond motifs is 2. The molecule has 23 heavy (non-hydrogen) atoms. The van der Waals surface area contributed by atoms with Crippen molar-refractivity contribution in [3.8, 4) is 0 Å². The van der Waals surface area contributed by atoms with Gasteiger partial charge in [-0.15, -0.1) is 0 Å². The zero-order valence-electron chi connectivity index (χ0n) is 14.0. The maximum atomic E-state index is 2.49. The molecule has 2 aliphatic carbocycles. The third-order valence-corrected chi connectivity index (χ3v) is 5.30. The Bertz CT molecular complexity index is 787. The zero-order chi connectivity index (χ0) is 15.9. The molecule has 0 heterocycles. The second-order valence-corrected chi connectivity index (χ2v) is 7.51. The van der Waals surface area contributed by atoms with Gasteiger partial charge < -0.3 is 0 Å². The lowest BCUT2D eigenvalue weighted by Crippen LogP contribution is -2.32. The summed E-state index contributed by atoms with van der Waals surface area (Å²) in [5.41, 5.74) is 7.57. The SMILES string of the molecule is CC(C)CC1=Cc2ccccc2CC12C=Cc1ccccc1C2. The Morgan fingerprint density at radius 3 is 2.17 bits per heavy atom. The van der Waals surface area contributed by atoms with E-state index in [0.717, 1.165) is 12.8 Å². The van der Waals surface area contributed by atoms with E-state index in [-0.39, 0.29) is 5.41 Å². The highest BCUT2D eigenvalue weighted by Crippen LogP contribution is 2.47. The van der Waals surface area contributed by atoms with Crippen LogP contribution < -0.4 is 0 Å². The Morgan fingerprint density at radius 1 is 0.870 bits per heavy atom. The summed E-state index contributed by atoms with van der Waals surface area (Å²) in [4.78, 5) is 0. The lowest BCUT2D eigenvalue weighted by molar-refractivity contribution is 0.413. The third kappa shape index (κ3) is 2.57. The predicted molar refractivity (Wildman–Crippen MR) is 99.2 cm³/mol. The van der Waals surface area contributed by atoms with Crippen LogP contribution in [0.5, 0.6) is 0 Å². The van der Waals surface area contributed by atoms with Crippen LogP contribution in [0.4, 0.5) is 0 Å². The van der Waals surface area contributed by atoms with E-state index >= 15 is 0 Å². The van der Waals surface area contributed by atoms with Crippen LogP contribution >= 0.6 is 0 Å². The molecule has 1 spiro atoms. The molecule has 0 aliphatic heterocycles. The topological polar surface area (TPSA) is 0 Å². The Balaban J connectivity index is 1.82. The van der Waals surface area contributed by atoms with Gasteiger partial charge in [-0.25, -0.2) is 0 Å². The molecule has 0 saturated heterocycles. The van der Waals surface area contributed by atoms with Gasteiger partial charge in [-0.1, -0.05) is 86.2 Å². The minimum Gasteiger partial charge on any atom is -0.0730 e. The van der Waals surface area contributed by atoms with Gasteiger partial charge >= 0.3 is 0 Å². The Hall–Kier alpha value is -2.08. The van der Waals surface area contributed by atoms with Crippen LogP contribution in [0.25, 0.3) is 12.2 Å². The van der Waals surface area contributed by atoms with Gasteiger partial charge in [0.25, 0.3) is 0 Å². The summed E-state index contributed by atoms with van der Waals surface area (Å²) >= 11 is 0. The lowest BCUT2D eigenvalue weighted by Gasteiger charge is -2.41. The number of hydrogen-bond acceptors (Lipinski definition) is 0. The number of rotatable bonds is 2. The second-order valence-electron chi connectivity index (χ2n) is 7.51. The van der Waals surface area contributed by atoms with Crippen LogP contribution in [0, 0.1) is 11.3 Å². The number of allylic oxidation sites excluding steroid dienone is 2. The van der Waals surface area contributed by atoms with Gasteiger partial charge in [0.2, 0.25) is 0 Å². The molecule has 116 valence electrons. The van der Waals surface area contributed by atoms with E-state index in [9.17, 15) is 0 Å². The average molecular weight is 300 g/mol. The summed E-state index contributed by atoms with van der Waals surface area (Å²) in [6.45, 7) is 4.66. The van der Waals surface area contributed by atoms with Crippen LogP contribution in [0.2, 0.25) is 0 Å². The summed E-state index contributed by atoms with van der Waals surface area (Å²) in [7, 11) is 0. The van der Waals surface area contributed by atoms with Crippen LogP contribution in [-0.4, -0.2) is 0 Å². The minimum absolute atomic E-state index is 0.174. The quantitative estimate of drug-likeness (QED) is 0.645. The number of hydrogen-bond donors (Lipinski definition) is 0. The first-order valence-electron chi connectivity index (χ1n) is 8.72. The molecular formula is C23H24. The molecule has 4 rings (SSSR count). The summed E-state index contributed by atoms with van der Waals surface area (Å²) in [6.07, 6.45) is 10.7. The molecule has 0 fully saturated rings. The van der Waals surface area contributed by atoms with Crippen molar-refractivity contribution in [3.63, 3.8) is 0 Å². The molecule has 2 aromatic rings. The fraction of sp³-hybridized carbons (Fsp3) is 0.304. The van der Waals surface area contributed by atoms with Crippen molar-refractivity contribution in [1.82, 2.24) is 0 Å². The van der Waals surface area contributed by atoms with Crippen molar-refractivity contribution in [3.05, 3.63) is 82.4 Å². The van der Waals surface area contributed by atoms with Gasteiger partial charge in [0.05, 0.1) is 0 Å². The number of benzene rings is 2. The first-order valence-corrected chi connectivity index (χ1v) is 8.72. The molecule has 0 heteroatoms. The monoisotopic (exact) mass is 300 g/mol. The average Bonchev–Trinajstić information content (AvgIpc) is 2.55. The summed E-state index contributed by atoms with van der Waals surface area (Å²) in [5, 5.41) is 0. The molecule has 2 aromatic carbocycles. The van der Waals surface area contributed by atoms with Gasteiger partial charge in [-0.05, 0) is 47.4 Å². The lowest BCUT2D eigenvalue weighted by atomic mass is 9.63. The second kappa shape index (κ2) is 5.53. The highest BCUT2D eigenvalue weighted by molar-refractivity contribution is 5.67. The molecule has 0 aromatic heterocycles. The van der Waals surface area contributed by atoms with Crippen molar-refractivity contribution >= 4 is 12.2 Å². The van der Waals surface area contributed by atoms with Gasteiger partial charge in [-0.2, -0.15) is 0 Å². The van der Waals surface area contributed by atoms with Crippen molar-refractivity contribution in [2.45, 2.75) is 33.1 Å². The minimum atomic E-state index is 0.174. The first kappa shape index (κ1) is 14.5. The van der Waals surface area contributed by atoms with E-state index in [1.165, 1.54) is 28.7 Å². The predicted octanol–water partition coefficient (Wildman–Crippen LogP) is 5.93. The highest BCUT2D eigenvalue weighted by Gasteiger charge is 2.37. The molecule has 1 atom stereocenters. The van der Waals surface area contributed by atoms with Crippen molar-refractivity contribution in [2.75, 3.05) is 0 Å². The third-order valence-electron chi connectivity index (χ3n) is 5.30. The molecule has 0 saturated carbocycles. The molecule has 0 nitrogen and oxygen atoms in total. The first-order chi connectivity index (χ1) is 11.2. The molecule has 0 bridgehead atoms. The highest BCUT2D eigenvalue weighted by atomic mass is 14.4. The van der Waals surface area contributed by atoms with Crippen molar-refractivity contribution in [1.29, 1.82) is 0 Å². The van der Waals surface area contributed by atoms with Crippen molar-refractivity contribution in [2.24, 2.45) is 11.3 Å². The molecule has 0 N–H and O–H groups in total. The molecule has 0 radical (unpaired) electrons. The molecule has 2 aliphatic rings. The zero-order valence-corrected chi connectivity index (χ0v) is 14.0. The molecule has 1 unspecified atom stereocenters. The van der Waals surface area contributed by atoms with Crippen LogP contribution in [0.3, 0.4) is 0 Å². The Labute approximate surface area is 139 Å². The van der Waals surface area contributed by atoms with E-state index in [1.807, 2.05) is 0 Å². The normalized spacial score (nSPS) is 22.0. The van der Waals surface area contributed by atoms with E-state index in [1.54, 1.807) is 5.57 Å². The van der Waals surface area contributed by atoms with E-state index in [0.29, 0.717) is 5.92 Å². The van der Waals surface area contributed by atoms with Gasteiger partial charge in [0.15, 0.2) is 0 Å². The summed E-state index contributed by atoms with van der Waals surface area (Å²) in [5.74, 6) is 0.689. The van der Waals surface area contributed by atoms with Gasteiger partial charge in [0, 0.05) is 5.41 Å². The summed E-state index contributed by atoms with van der Waals surface area (Å²) in [6, 6.07) is 17.8. The van der Waals surface area contributed by atoms with Crippen LogP contribution in [-0.2, 0) is 12.8 Å². The van der Waals surface area contributed by atoms with E-state index in [4.69, 9.17) is 0 Å². The largest absolute Gasteiger partial charge is 0.0730 e. The smallest absolute Gasteiger partial charge is 0.0179 e. The summed E-state index contributed by atoms with van der Waals surface area (Å²) < 4.78 is 0. The maximum absolute atomic E-state index is 2.49. The van der Waals surface area contributed by atoms with Crippen LogP contribution in [0.1, 0.15) is 42.5 Å². The van der Waals surface area contributed by atoms with Crippen molar-refractivity contribution < 1.29 is 0 Å². The van der Waals surface area contributed by atoms with Gasteiger partial charge in [-0.3, -0.25) is 0 Å². The maximum Gasteiger partial charge on any atom is 0.0179 e. The van der Waals surface area contributed by atoms with E-state index < -0.39 is 0 Å². The molecule has 0 amide bonds. The van der Waals surface area contributed by atoms with Crippen LogP contribution in [0.15, 0.2) is 60.2 Å².